The van der Waals surface area contributed by atoms with Crippen LogP contribution in [-0.4, -0.2) is 15.3 Å². The van der Waals surface area contributed by atoms with Gasteiger partial charge in [-0.15, -0.1) is 0 Å². The first-order chi connectivity index (χ1) is 13.5. The molecule has 3 rings (SSSR count). The molecule has 0 amide bonds. The number of aryl methyl sites for hydroxylation is 3. The van der Waals surface area contributed by atoms with Gasteiger partial charge in [0.1, 0.15) is 17.2 Å². The third-order valence-corrected chi connectivity index (χ3v) is 5.32. The van der Waals surface area contributed by atoms with E-state index < -0.39 is 0 Å². The Morgan fingerprint density at radius 2 is 1.07 bits per heavy atom. The zero-order valence-corrected chi connectivity index (χ0v) is 16.8. The lowest BCUT2D eigenvalue weighted by Gasteiger charge is -2.15. The van der Waals surface area contributed by atoms with E-state index in [4.69, 9.17) is 0 Å². The highest BCUT2D eigenvalue weighted by Gasteiger charge is 2.14. The van der Waals surface area contributed by atoms with Gasteiger partial charge in [0, 0.05) is 6.42 Å². The highest BCUT2D eigenvalue weighted by molar-refractivity contribution is 5.71. The van der Waals surface area contributed by atoms with Crippen molar-refractivity contribution in [1.82, 2.24) is 0 Å². The topological polar surface area (TPSA) is 60.7 Å². The van der Waals surface area contributed by atoms with E-state index in [0.717, 1.165) is 58.2 Å². The summed E-state index contributed by atoms with van der Waals surface area (Å²) in [5.41, 5.74) is 6.65. The molecule has 3 N–H and O–H groups in total. The molecular weight excluding hydrogens is 348 g/mol. The number of aromatic hydroxyl groups is 3. The average Bonchev–Trinajstić information content (AvgIpc) is 2.69. The van der Waals surface area contributed by atoms with Gasteiger partial charge >= 0.3 is 0 Å². The van der Waals surface area contributed by atoms with Gasteiger partial charge < -0.3 is 15.3 Å². The van der Waals surface area contributed by atoms with E-state index in [9.17, 15) is 15.3 Å². The summed E-state index contributed by atoms with van der Waals surface area (Å²) >= 11 is 0. The van der Waals surface area contributed by atoms with Gasteiger partial charge in [0.05, 0.1) is 0 Å². The molecule has 146 valence electrons. The third-order valence-electron chi connectivity index (χ3n) is 5.32. The smallest absolute Gasteiger partial charge is 0.122 e. The molecule has 0 aliphatic heterocycles. The van der Waals surface area contributed by atoms with E-state index in [-0.39, 0.29) is 5.75 Å². The second-order valence-corrected chi connectivity index (χ2v) is 7.19. The fourth-order valence-corrected chi connectivity index (χ4v) is 3.68. The summed E-state index contributed by atoms with van der Waals surface area (Å²) in [6.45, 7) is 6.11. The Morgan fingerprint density at radius 1 is 0.607 bits per heavy atom. The first-order valence-electron chi connectivity index (χ1n) is 9.94. The molecule has 0 atom stereocenters. The average molecular weight is 376 g/mol. The highest BCUT2D eigenvalue weighted by atomic mass is 16.3. The lowest BCUT2D eigenvalue weighted by Crippen LogP contribution is -1.96. The van der Waals surface area contributed by atoms with Crippen molar-refractivity contribution in [3.8, 4) is 28.4 Å². The van der Waals surface area contributed by atoms with E-state index in [1.165, 1.54) is 0 Å². The molecule has 3 aromatic rings. The van der Waals surface area contributed by atoms with Crippen LogP contribution >= 0.6 is 0 Å². The molecule has 0 fully saturated rings. The molecule has 3 aromatic carbocycles. The van der Waals surface area contributed by atoms with Crippen LogP contribution in [0.4, 0.5) is 0 Å². The zero-order chi connectivity index (χ0) is 20.3. The predicted octanol–water partition coefficient (Wildman–Crippen LogP) is 5.75. The number of hydrogen-bond donors (Lipinski definition) is 3. The SMILES string of the molecule is CCc1cc(-c2cc(CC)c(O)c(Cc3cccc(O)c3)c2)cc(CC)c1O. The Kier molecular flexibility index (Phi) is 5.93. The van der Waals surface area contributed by atoms with Crippen molar-refractivity contribution in [1.29, 1.82) is 0 Å². The molecule has 0 saturated heterocycles. The zero-order valence-electron chi connectivity index (χ0n) is 16.8. The second kappa shape index (κ2) is 8.39. The van der Waals surface area contributed by atoms with E-state index in [1.54, 1.807) is 12.1 Å². The van der Waals surface area contributed by atoms with Gasteiger partial charge in [0.25, 0.3) is 0 Å². The largest absolute Gasteiger partial charge is 0.508 e. The Bertz CT molecular complexity index is 964. The maximum Gasteiger partial charge on any atom is 0.122 e. The van der Waals surface area contributed by atoms with Gasteiger partial charge in [-0.25, -0.2) is 0 Å². The van der Waals surface area contributed by atoms with E-state index >= 15 is 0 Å². The van der Waals surface area contributed by atoms with Gasteiger partial charge in [0.15, 0.2) is 0 Å². The van der Waals surface area contributed by atoms with Crippen LogP contribution in [-0.2, 0) is 25.7 Å². The first kappa shape index (κ1) is 19.8. The number of benzene rings is 3. The Hall–Kier alpha value is -2.94. The molecule has 3 heteroatoms. The van der Waals surface area contributed by atoms with Gasteiger partial charge in [-0.3, -0.25) is 0 Å². The van der Waals surface area contributed by atoms with Crippen LogP contribution in [0.5, 0.6) is 17.2 Å². The number of hydrogen-bond acceptors (Lipinski definition) is 3. The molecule has 0 aliphatic carbocycles. The van der Waals surface area contributed by atoms with Crippen LogP contribution in [0, 0.1) is 0 Å². The van der Waals surface area contributed by atoms with E-state index in [0.29, 0.717) is 17.9 Å². The molecule has 0 unspecified atom stereocenters. The summed E-state index contributed by atoms with van der Waals surface area (Å²) in [7, 11) is 0. The normalized spacial score (nSPS) is 11.0. The Labute approximate surface area is 166 Å². The van der Waals surface area contributed by atoms with Crippen LogP contribution in [0.15, 0.2) is 48.5 Å². The Morgan fingerprint density at radius 3 is 1.54 bits per heavy atom. The molecule has 0 aromatic heterocycles. The van der Waals surface area contributed by atoms with Crippen LogP contribution < -0.4 is 0 Å². The molecular formula is C25H28O3. The van der Waals surface area contributed by atoms with Gasteiger partial charge in [0.2, 0.25) is 0 Å². The second-order valence-electron chi connectivity index (χ2n) is 7.19. The number of rotatable bonds is 6. The molecule has 0 heterocycles. The van der Waals surface area contributed by atoms with Crippen molar-refractivity contribution in [3.63, 3.8) is 0 Å². The van der Waals surface area contributed by atoms with Crippen molar-refractivity contribution in [2.75, 3.05) is 0 Å². The van der Waals surface area contributed by atoms with Gasteiger partial charge in [-0.2, -0.15) is 0 Å². The number of phenolic OH excluding ortho intramolecular Hbond substituents is 3. The first-order valence-corrected chi connectivity index (χ1v) is 9.94. The highest BCUT2D eigenvalue weighted by Crippen LogP contribution is 2.36. The molecule has 28 heavy (non-hydrogen) atoms. The summed E-state index contributed by atoms with van der Waals surface area (Å²) in [5.74, 6) is 0.936. The Balaban J connectivity index is 2.12. The minimum Gasteiger partial charge on any atom is -0.508 e. The molecule has 0 aliphatic rings. The third kappa shape index (κ3) is 3.99. The lowest BCUT2D eigenvalue weighted by atomic mass is 9.91. The molecule has 0 saturated carbocycles. The minimum absolute atomic E-state index is 0.225. The van der Waals surface area contributed by atoms with Crippen LogP contribution in [0.2, 0.25) is 0 Å². The summed E-state index contributed by atoms with van der Waals surface area (Å²) in [4.78, 5) is 0. The maximum absolute atomic E-state index is 10.7. The molecule has 3 nitrogen and oxygen atoms in total. The van der Waals surface area contributed by atoms with Crippen molar-refractivity contribution in [2.24, 2.45) is 0 Å². The van der Waals surface area contributed by atoms with Crippen LogP contribution in [0.3, 0.4) is 0 Å². The van der Waals surface area contributed by atoms with Crippen LogP contribution in [0.1, 0.15) is 48.6 Å². The fourth-order valence-electron chi connectivity index (χ4n) is 3.68. The summed E-state index contributed by atoms with van der Waals surface area (Å²) in [6, 6.07) is 15.3. The summed E-state index contributed by atoms with van der Waals surface area (Å²) in [6.07, 6.45) is 2.80. The van der Waals surface area contributed by atoms with Crippen LogP contribution in [0.25, 0.3) is 11.1 Å². The standard InChI is InChI=1S/C25H28O3/c1-4-17-12-20(13-18(5-2)24(17)27)21-14-19(6-3)25(28)22(15-21)10-16-8-7-9-23(26)11-16/h7-9,11-15,26-28H,4-6,10H2,1-3H3. The minimum atomic E-state index is 0.225. The van der Waals surface area contributed by atoms with E-state index in [1.807, 2.05) is 57.2 Å². The molecule has 0 spiro atoms. The van der Waals surface area contributed by atoms with Gasteiger partial charge in [-0.05, 0) is 94.6 Å². The number of phenols is 3. The van der Waals surface area contributed by atoms with Crippen molar-refractivity contribution in [2.45, 2.75) is 46.5 Å². The van der Waals surface area contributed by atoms with Crippen molar-refractivity contribution >= 4 is 0 Å². The summed E-state index contributed by atoms with van der Waals surface area (Å²) < 4.78 is 0. The predicted molar refractivity (Wildman–Crippen MR) is 114 cm³/mol. The molecule has 0 bridgehead atoms. The maximum atomic E-state index is 10.7. The monoisotopic (exact) mass is 376 g/mol. The fraction of sp³-hybridized carbons (Fsp3) is 0.280. The van der Waals surface area contributed by atoms with E-state index in [2.05, 4.69) is 0 Å². The van der Waals surface area contributed by atoms with Gasteiger partial charge in [-0.1, -0.05) is 32.9 Å². The quantitative estimate of drug-likeness (QED) is 0.513. The van der Waals surface area contributed by atoms with Crippen molar-refractivity contribution in [3.05, 3.63) is 76.3 Å². The van der Waals surface area contributed by atoms with Crippen molar-refractivity contribution < 1.29 is 15.3 Å². The summed E-state index contributed by atoms with van der Waals surface area (Å²) in [5, 5.41) is 30.9. The molecule has 0 radical (unpaired) electrons. The lowest BCUT2D eigenvalue weighted by molar-refractivity contribution is 0.461.